The predicted molar refractivity (Wildman–Crippen MR) is 109 cm³/mol. The molecule has 0 spiro atoms. The average Bonchev–Trinajstić information content (AvgIpc) is 3.42. The van der Waals surface area contributed by atoms with Crippen LogP contribution in [0.2, 0.25) is 0 Å². The van der Waals surface area contributed by atoms with Crippen LogP contribution < -0.4 is 0 Å². The monoisotopic (exact) mass is 413 g/mol. The molecule has 1 aromatic heterocycles. The van der Waals surface area contributed by atoms with Crippen molar-refractivity contribution in [1.29, 1.82) is 0 Å². The Hall–Kier alpha value is -2.27. The minimum atomic E-state index is -0.465. The molecule has 1 saturated carbocycles. The molecule has 1 aliphatic carbocycles. The molecule has 1 atom stereocenters. The SMILES string of the molecule is COC(c1cn(CC2OCC(C)(C)CO2)nn1)c1cc(C#CC2CC2)c(F)cc1C. The molecule has 1 aliphatic heterocycles. The lowest BCUT2D eigenvalue weighted by Crippen LogP contribution is -2.39. The summed E-state index contributed by atoms with van der Waals surface area (Å²) in [6, 6.07) is 3.27. The van der Waals surface area contributed by atoms with Crippen LogP contribution >= 0.6 is 0 Å². The lowest BCUT2D eigenvalue weighted by Gasteiger charge is -2.34. The second-order valence-electron chi connectivity index (χ2n) is 8.93. The Morgan fingerprint density at radius 3 is 2.70 bits per heavy atom. The smallest absolute Gasteiger partial charge is 0.177 e. The van der Waals surface area contributed by atoms with Crippen molar-refractivity contribution in [3.8, 4) is 11.8 Å². The Kier molecular flexibility index (Phi) is 5.92. The number of halogens is 1. The molecule has 0 radical (unpaired) electrons. The van der Waals surface area contributed by atoms with Crippen molar-refractivity contribution in [2.24, 2.45) is 11.3 Å². The van der Waals surface area contributed by atoms with E-state index in [2.05, 4.69) is 36.0 Å². The Morgan fingerprint density at radius 2 is 2.03 bits per heavy atom. The summed E-state index contributed by atoms with van der Waals surface area (Å²) in [4.78, 5) is 0. The molecule has 7 heteroatoms. The normalized spacial score (nSPS) is 19.9. The molecular formula is C23H28FN3O3. The third kappa shape index (κ3) is 4.89. The van der Waals surface area contributed by atoms with Crippen LogP contribution in [0.4, 0.5) is 4.39 Å². The number of methoxy groups -OCH3 is 1. The van der Waals surface area contributed by atoms with Gasteiger partial charge in [0.05, 0.1) is 31.5 Å². The van der Waals surface area contributed by atoms with Gasteiger partial charge in [0.2, 0.25) is 0 Å². The van der Waals surface area contributed by atoms with Gasteiger partial charge in [0.25, 0.3) is 0 Å². The van der Waals surface area contributed by atoms with Crippen LogP contribution in [-0.4, -0.2) is 41.6 Å². The molecule has 160 valence electrons. The zero-order valence-electron chi connectivity index (χ0n) is 17.9. The van der Waals surface area contributed by atoms with Gasteiger partial charge in [-0.2, -0.15) is 0 Å². The van der Waals surface area contributed by atoms with Gasteiger partial charge in [-0.25, -0.2) is 9.07 Å². The fourth-order valence-corrected chi connectivity index (χ4v) is 3.39. The first-order valence-electron chi connectivity index (χ1n) is 10.3. The topological polar surface area (TPSA) is 58.4 Å². The highest BCUT2D eigenvalue weighted by Crippen LogP contribution is 2.30. The molecule has 2 heterocycles. The molecule has 0 N–H and O–H groups in total. The van der Waals surface area contributed by atoms with E-state index in [1.54, 1.807) is 17.9 Å². The molecule has 0 amide bonds. The van der Waals surface area contributed by atoms with Crippen molar-refractivity contribution in [2.45, 2.75) is 52.6 Å². The van der Waals surface area contributed by atoms with Crippen molar-refractivity contribution in [3.63, 3.8) is 0 Å². The average molecular weight is 413 g/mol. The van der Waals surface area contributed by atoms with Crippen LogP contribution in [0, 0.1) is 35.9 Å². The molecule has 30 heavy (non-hydrogen) atoms. The number of aromatic nitrogens is 3. The van der Waals surface area contributed by atoms with E-state index in [0.717, 1.165) is 24.0 Å². The van der Waals surface area contributed by atoms with E-state index in [-0.39, 0.29) is 17.5 Å². The van der Waals surface area contributed by atoms with E-state index in [0.29, 0.717) is 36.9 Å². The first-order chi connectivity index (χ1) is 14.3. The van der Waals surface area contributed by atoms with E-state index in [9.17, 15) is 4.39 Å². The lowest BCUT2D eigenvalue weighted by atomic mass is 9.96. The summed E-state index contributed by atoms with van der Waals surface area (Å²) in [5, 5.41) is 8.49. The minimum absolute atomic E-state index is 0.0192. The van der Waals surface area contributed by atoms with Crippen LogP contribution in [-0.2, 0) is 20.8 Å². The van der Waals surface area contributed by atoms with Crippen LogP contribution in [0.15, 0.2) is 18.3 Å². The van der Waals surface area contributed by atoms with Crippen LogP contribution in [0.5, 0.6) is 0 Å². The summed E-state index contributed by atoms with van der Waals surface area (Å²) in [7, 11) is 1.61. The van der Waals surface area contributed by atoms with Gasteiger partial charge in [-0.05, 0) is 43.0 Å². The fourth-order valence-electron chi connectivity index (χ4n) is 3.39. The number of ether oxygens (including phenoxy) is 3. The van der Waals surface area contributed by atoms with Gasteiger partial charge in [0, 0.05) is 18.4 Å². The second kappa shape index (κ2) is 8.46. The van der Waals surface area contributed by atoms with Crippen molar-refractivity contribution in [3.05, 3.63) is 46.5 Å². The predicted octanol–water partition coefficient (Wildman–Crippen LogP) is 3.62. The van der Waals surface area contributed by atoms with E-state index in [4.69, 9.17) is 14.2 Å². The highest BCUT2D eigenvalue weighted by molar-refractivity contribution is 5.44. The molecule has 1 aromatic carbocycles. The van der Waals surface area contributed by atoms with Crippen molar-refractivity contribution in [2.75, 3.05) is 20.3 Å². The van der Waals surface area contributed by atoms with Crippen molar-refractivity contribution >= 4 is 0 Å². The van der Waals surface area contributed by atoms with Gasteiger partial charge >= 0.3 is 0 Å². The Labute approximate surface area is 176 Å². The third-order valence-electron chi connectivity index (χ3n) is 5.34. The highest BCUT2D eigenvalue weighted by Gasteiger charge is 2.29. The number of hydrogen-bond acceptors (Lipinski definition) is 5. The second-order valence-corrected chi connectivity index (χ2v) is 8.93. The molecule has 1 saturated heterocycles. The zero-order valence-corrected chi connectivity index (χ0v) is 17.9. The Morgan fingerprint density at radius 1 is 1.30 bits per heavy atom. The fraction of sp³-hybridized carbons (Fsp3) is 0.565. The number of rotatable bonds is 5. The molecule has 2 aliphatic rings. The Balaban J connectivity index is 1.52. The molecule has 1 unspecified atom stereocenters. The van der Waals surface area contributed by atoms with E-state index in [1.807, 2.05) is 13.1 Å². The summed E-state index contributed by atoms with van der Waals surface area (Å²) in [6.45, 7) is 7.79. The van der Waals surface area contributed by atoms with Gasteiger partial charge < -0.3 is 14.2 Å². The minimum Gasteiger partial charge on any atom is -0.370 e. The van der Waals surface area contributed by atoms with Gasteiger partial charge in [0.15, 0.2) is 6.29 Å². The number of nitrogens with zero attached hydrogens (tertiary/aromatic N) is 3. The molecule has 2 fully saturated rings. The van der Waals surface area contributed by atoms with E-state index in [1.165, 1.54) is 6.07 Å². The van der Waals surface area contributed by atoms with Crippen molar-refractivity contribution in [1.82, 2.24) is 15.0 Å². The third-order valence-corrected chi connectivity index (χ3v) is 5.34. The van der Waals surface area contributed by atoms with Crippen molar-refractivity contribution < 1.29 is 18.6 Å². The van der Waals surface area contributed by atoms with Crippen LogP contribution in [0.3, 0.4) is 0 Å². The summed E-state index contributed by atoms with van der Waals surface area (Å²) in [5.41, 5.74) is 2.67. The summed E-state index contributed by atoms with van der Waals surface area (Å²) in [5.74, 6) is 6.20. The first-order valence-corrected chi connectivity index (χ1v) is 10.3. The maximum absolute atomic E-state index is 14.4. The molecule has 4 rings (SSSR count). The molecule has 0 bridgehead atoms. The summed E-state index contributed by atoms with van der Waals surface area (Å²) < 4.78 is 33.4. The maximum atomic E-state index is 14.4. The van der Waals surface area contributed by atoms with Gasteiger partial charge in [-0.15, -0.1) is 5.10 Å². The summed E-state index contributed by atoms with van der Waals surface area (Å²) >= 11 is 0. The zero-order chi connectivity index (χ0) is 21.3. The van der Waals surface area contributed by atoms with Gasteiger partial charge in [-0.1, -0.05) is 30.9 Å². The Bertz CT molecular complexity index is 962. The molecule has 2 aromatic rings. The molecular weight excluding hydrogens is 385 g/mol. The summed E-state index contributed by atoms with van der Waals surface area (Å²) in [6.07, 6.45) is 3.20. The number of aryl methyl sites for hydroxylation is 1. The van der Waals surface area contributed by atoms with Crippen LogP contribution in [0.1, 0.15) is 55.2 Å². The van der Waals surface area contributed by atoms with Gasteiger partial charge in [-0.3, -0.25) is 0 Å². The van der Waals surface area contributed by atoms with E-state index < -0.39 is 6.10 Å². The van der Waals surface area contributed by atoms with Gasteiger partial charge in [0.1, 0.15) is 17.6 Å². The number of benzene rings is 1. The maximum Gasteiger partial charge on any atom is 0.177 e. The molecule has 6 nitrogen and oxygen atoms in total. The quantitative estimate of drug-likeness (QED) is 0.701. The highest BCUT2D eigenvalue weighted by atomic mass is 19.1. The lowest BCUT2D eigenvalue weighted by molar-refractivity contribution is -0.227. The van der Waals surface area contributed by atoms with Crippen LogP contribution in [0.25, 0.3) is 0 Å². The largest absolute Gasteiger partial charge is 0.370 e. The standard InChI is InChI=1S/C23H28FN3O3/c1-15-9-19(24)17(8-7-16-5-6-16)10-18(15)22(28-4)20-11-27(26-25-20)12-21-29-13-23(2,3)14-30-21/h9-11,16,21-22H,5-6,12-14H2,1-4H3. The first kappa shape index (κ1) is 21.0. The van der Waals surface area contributed by atoms with E-state index >= 15 is 0 Å². The number of hydrogen-bond donors (Lipinski definition) is 0.